The third-order valence-corrected chi connectivity index (χ3v) is 3.96. The third-order valence-electron chi connectivity index (χ3n) is 3.96. The number of para-hydroxylation sites is 1. The van der Waals surface area contributed by atoms with Gasteiger partial charge in [0.15, 0.2) is 0 Å². The smallest absolute Gasteiger partial charge is 0.412 e. The summed E-state index contributed by atoms with van der Waals surface area (Å²) < 4.78 is 5.31. The largest absolute Gasteiger partial charge is 0.444 e. The van der Waals surface area contributed by atoms with Crippen LogP contribution in [0.25, 0.3) is 0 Å². The van der Waals surface area contributed by atoms with E-state index in [9.17, 15) is 9.59 Å². The van der Waals surface area contributed by atoms with E-state index in [1.807, 2.05) is 57.0 Å². The Kier molecular flexibility index (Phi) is 8.62. The van der Waals surface area contributed by atoms with E-state index >= 15 is 0 Å². The van der Waals surface area contributed by atoms with Crippen LogP contribution in [0, 0.1) is 5.92 Å². The molecule has 0 atom stereocenters. The van der Waals surface area contributed by atoms with E-state index in [0.717, 1.165) is 37.1 Å². The average molecular weight is 363 g/mol. The number of ether oxygens (including phenoxy) is 1. The molecule has 0 fully saturated rings. The molecule has 1 rings (SSSR count). The summed E-state index contributed by atoms with van der Waals surface area (Å²) in [6.45, 7) is 10.6. The summed E-state index contributed by atoms with van der Waals surface area (Å²) >= 11 is 0. The van der Waals surface area contributed by atoms with Crippen LogP contribution in [-0.4, -0.2) is 36.1 Å². The van der Waals surface area contributed by atoms with Gasteiger partial charge in [0.2, 0.25) is 5.91 Å². The first-order chi connectivity index (χ1) is 12.1. The lowest BCUT2D eigenvalue weighted by Crippen LogP contribution is -2.28. The molecule has 2 amide bonds. The van der Waals surface area contributed by atoms with E-state index < -0.39 is 11.7 Å². The van der Waals surface area contributed by atoms with Gasteiger partial charge in [-0.2, -0.15) is 0 Å². The van der Waals surface area contributed by atoms with Crippen LogP contribution in [0.15, 0.2) is 24.3 Å². The highest BCUT2D eigenvalue weighted by Gasteiger charge is 2.17. The van der Waals surface area contributed by atoms with Crippen LogP contribution >= 0.6 is 0 Å². The normalized spacial score (nSPS) is 11.3. The highest BCUT2D eigenvalue weighted by Crippen LogP contribution is 2.19. The fraction of sp³-hybridized carbons (Fsp3) is 0.619. The molecule has 0 saturated heterocycles. The fourth-order valence-electron chi connectivity index (χ4n) is 2.47. The molecule has 1 N–H and O–H groups in total. The minimum atomic E-state index is -0.536. The third kappa shape index (κ3) is 8.88. The van der Waals surface area contributed by atoms with E-state index in [1.165, 1.54) is 0 Å². The number of aryl methyl sites for hydroxylation is 1. The van der Waals surface area contributed by atoms with Crippen molar-refractivity contribution in [3.8, 4) is 0 Å². The maximum absolute atomic E-state index is 12.2. The molecular formula is C21H34N2O3. The zero-order valence-electron chi connectivity index (χ0n) is 17.1. The van der Waals surface area contributed by atoms with E-state index in [2.05, 4.69) is 19.2 Å². The van der Waals surface area contributed by atoms with Crippen molar-refractivity contribution in [3.63, 3.8) is 0 Å². The number of hydrogen-bond donors (Lipinski definition) is 1. The zero-order valence-corrected chi connectivity index (χ0v) is 17.1. The van der Waals surface area contributed by atoms with Crippen molar-refractivity contribution < 1.29 is 14.3 Å². The topological polar surface area (TPSA) is 58.6 Å². The number of anilines is 1. The van der Waals surface area contributed by atoms with E-state index in [-0.39, 0.29) is 5.91 Å². The van der Waals surface area contributed by atoms with Crippen molar-refractivity contribution in [1.82, 2.24) is 4.90 Å². The van der Waals surface area contributed by atoms with Gasteiger partial charge < -0.3 is 9.64 Å². The van der Waals surface area contributed by atoms with Gasteiger partial charge in [0.25, 0.3) is 0 Å². The quantitative estimate of drug-likeness (QED) is 0.718. The molecule has 0 radical (unpaired) electrons. The Bertz CT molecular complexity index is 591. The summed E-state index contributed by atoms with van der Waals surface area (Å²) in [5.74, 6) is 0.763. The Balaban J connectivity index is 2.53. The predicted molar refractivity (Wildman–Crippen MR) is 106 cm³/mol. The Morgan fingerprint density at radius 3 is 2.46 bits per heavy atom. The van der Waals surface area contributed by atoms with E-state index in [0.29, 0.717) is 12.3 Å². The van der Waals surface area contributed by atoms with Gasteiger partial charge >= 0.3 is 6.09 Å². The molecule has 146 valence electrons. The Hall–Kier alpha value is -2.04. The predicted octanol–water partition coefficient (Wildman–Crippen LogP) is 4.86. The summed E-state index contributed by atoms with van der Waals surface area (Å²) in [6, 6.07) is 7.64. The maximum atomic E-state index is 12.2. The summed E-state index contributed by atoms with van der Waals surface area (Å²) in [6.07, 6.45) is 2.54. The standard InChI is InChI=1S/C21H34N2O3/c1-16(2)14-15-23(6)19(24)13-9-11-17-10-7-8-12-18(17)22-20(25)26-21(3,4)5/h7-8,10,12,16H,9,11,13-15H2,1-6H3,(H,22,25). The van der Waals surface area contributed by atoms with Crippen LogP contribution in [0.2, 0.25) is 0 Å². The number of nitrogens with zero attached hydrogens (tertiary/aromatic N) is 1. The zero-order chi connectivity index (χ0) is 19.7. The number of carbonyl (C=O) groups excluding carboxylic acids is 2. The first-order valence-corrected chi connectivity index (χ1v) is 9.40. The molecule has 1 aromatic carbocycles. The molecule has 0 aliphatic carbocycles. The van der Waals surface area contributed by atoms with Crippen LogP contribution in [0.5, 0.6) is 0 Å². The summed E-state index contributed by atoms with van der Waals surface area (Å²) in [7, 11) is 1.86. The lowest BCUT2D eigenvalue weighted by atomic mass is 10.1. The molecule has 5 nitrogen and oxygen atoms in total. The van der Waals surface area contributed by atoms with Gasteiger partial charge in [-0.1, -0.05) is 32.0 Å². The fourth-order valence-corrected chi connectivity index (χ4v) is 2.47. The van der Waals surface area contributed by atoms with Crippen LogP contribution in [0.3, 0.4) is 0 Å². The lowest BCUT2D eigenvalue weighted by molar-refractivity contribution is -0.130. The molecule has 1 aromatic rings. The highest BCUT2D eigenvalue weighted by molar-refractivity contribution is 5.86. The molecule has 0 aliphatic heterocycles. The Morgan fingerprint density at radius 1 is 1.19 bits per heavy atom. The molecular weight excluding hydrogens is 328 g/mol. The second-order valence-electron chi connectivity index (χ2n) is 8.14. The van der Waals surface area contributed by atoms with Crippen molar-refractivity contribution in [2.45, 2.75) is 65.9 Å². The highest BCUT2D eigenvalue weighted by atomic mass is 16.6. The first kappa shape index (κ1) is 22.0. The van der Waals surface area contributed by atoms with Crippen molar-refractivity contribution in [2.75, 3.05) is 18.9 Å². The lowest BCUT2D eigenvalue weighted by Gasteiger charge is -2.20. The SMILES string of the molecule is CC(C)CCN(C)C(=O)CCCc1ccccc1NC(=O)OC(C)(C)C. The van der Waals surface area contributed by atoms with Crippen molar-refractivity contribution in [2.24, 2.45) is 5.92 Å². The number of nitrogens with one attached hydrogen (secondary N) is 1. The molecule has 5 heteroatoms. The first-order valence-electron chi connectivity index (χ1n) is 9.40. The second-order valence-corrected chi connectivity index (χ2v) is 8.14. The molecule has 0 bridgehead atoms. The van der Waals surface area contributed by atoms with Gasteiger partial charge in [0.05, 0.1) is 0 Å². The molecule has 0 heterocycles. The van der Waals surface area contributed by atoms with Gasteiger partial charge in [-0.3, -0.25) is 10.1 Å². The minimum Gasteiger partial charge on any atom is -0.444 e. The van der Waals surface area contributed by atoms with E-state index in [1.54, 1.807) is 0 Å². The molecule has 0 unspecified atom stereocenters. The molecule has 0 aromatic heterocycles. The number of amides is 2. The van der Waals surface area contributed by atoms with Gasteiger partial charge in [-0.05, 0) is 57.6 Å². The van der Waals surface area contributed by atoms with Gasteiger partial charge in [-0.25, -0.2) is 4.79 Å². The Labute approximate surface area is 158 Å². The minimum absolute atomic E-state index is 0.170. The van der Waals surface area contributed by atoms with Gasteiger partial charge in [-0.15, -0.1) is 0 Å². The summed E-state index contributed by atoms with van der Waals surface area (Å²) in [4.78, 5) is 26.0. The number of rotatable bonds is 8. The van der Waals surface area contributed by atoms with Crippen molar-refractivity contribution in [1.29, 1.82) is 0 Å². The monoisotopic (exact) mass is 362 g/mol. The van der Waals surface area contributed by atoms with E-state index in [4.69, 9.17) is 4.74 Å². The van der Waals surface area contributed by atoms with Crippen LogP contribution < -0.4 is 5.32 Å². The van der Waals surface area contributed by atoms with Crippen LogP contribution in [-0.2, 0) is 16.0 Å². The van der Waals surface area contributed by atoms with Crippen molar-refractivity contribution in [3.05, 3.63) is 29.8 Å². The van der Waals surface area contributed by atoms with Crippen LogP contribution in [0.1, 0.15) is 59.4 Å². The number of hydrogen-bond acceptors (Lipinski definition) is 3. The Morgan fingerprint density at radius 2 is 1.85 bits per heavy atom. The maximum Gasteiger partial charge on any atom is 0.412 e. The van der Waals surface area contributed by atoms with Gasteiger partial charge in [0, 0.05) is 25.7 Å². The summed E-state index contributed by atoms with van der Waals surface area (Å²) in [5.41, 5.74) is 1.21. The second kappa shape index (κ2) is 10.2. The van der Waals surface area contributed by atoms with Crippen molar-refractivity contribution >= 4 is 17.7 Å². The number of carbonyl (C=O) groups is 2. The number of benzene rings is 1. The average Bonchev–Trinajstić information content (AvgIpc) is 2.52. The molecule has 0 spiro atoms. The van der Waals surface area contributed by atoms with Crippen LogP contribution in [0.4, 0.5) is 10.5 Å². The summed E-state index contributed by atoms with van der Waals surface area (Å²) in [5, 5.41) is 2.80. The molecule has 0 aliphatic rings. The molecule has 0 saturated carbocycles. The molecule has 26 heavy (non-hydrogen) atoms. The van der Waals surface area contributed by atoms with Gasteiger partial charge in [0.1, 0.15) is 5.60 Å².